The first kappa shape index (κ1) is 16.5. The van der Waals surface area contributed by atoms with Crippen LogP contribution in [0.2, 0.25) is 0 Å². The normalized spacial score (nSPS) is 12.7. The summed E-state index contributed by atoms with van der Waals surface area (Å²) in [5.74, 6) is -0.929. The summed E-state index contributed by atoms with van der Waals surface area (Å²) >= 11 is 0. The molecule has 0 amide bonds. The van der Waals surface area contributed by atoms with Gasteiger partial charge in [-0.15, -0.1) is 0 Å². The van der Waals surface area contributed by atoms with Gasteiger partial charge in [-0.3, -0.25) is 9.11 Å². The molecule has 0 aromatic rings. The van der Waals surface area contributed by atoms with Gasteiger partial charge in [0.15, 0.2) is 0 Å². The van der Waals surface area contributed by atoms with E-state index in [1.54, 1.807) is 11.8 Å². The lowest BCUT2D eigenvalue weighted by Crippen LogP contribution is -2.29. The zero-order chi connectivity index (χ0) is 12.8. The summed E-state index contributed by atoms with van der Waals surface area (Å²) in [6.07, 6.45) is 0. The van der Waals surface area contributed by atoms with E-state index in [9.17, 15) is 4.79 Å². The molecule has 90 valence electrons. The van der Waals surface area contributed by atoms with Crippen molar-refractivity contribution >= 4 is 16.4 Å². The molecule has 0 saturated carbocycles. The second-order valence-electron chi connectivity index (χ2n) is 2.92. The van der Waals surface area contributed by atoms with Gasteiger partial charge in [0.1, 0.15) is 0 Å². The third-order valence-electron chi connectivity index (χ3n) is 1.55. The van der Waals surface area contributed by atoms with E-state index >= 15 is 0 Å². The molecule has 8 heteroatoms. The van der Waals surface area contributed by atoms with Gasteiger partial charge in [-0.25, -0.2) is 4.79 Å². The van der Waals surface area contributed by atoms with Crippen LogP contribution in [-0.4, -0.2) is 53.6 Å². The largest absolute Gasteiger partial charge is 0.478 e. The summed E-state index contributed by atoms with van der Waals surface area (Å²) in [7, 11) is -1.03. The van der Waals surface area contributed by atoms with E-state index in [1.165, 1.54) is 0 Å². The molecule has 0 bridgehead atoms. The first-order chi connectivity index (χ1) is 6.46. The molecular formula is C7H15NO6S. The van der Waals surface area contributed by atoms with Crippen LogP contribution in [0.5, 0.6) is 0 Å². The van der Waals surface area contributed by atoms with E-state index in [0.717, 1.165) is 0 Å². The maximum absolute atomic E-state index is 10.3. The summed E-state index contributed by atoms with van der Waals surface area (Å²) in [4.78, 5) is 12.1. The molecular weight excluding hydrogens is 226 g/mol. The topological polar surface area (TPSA) is 115 Å². The standard InChI is InChI=1S/C7H13NO2.H2O4S/c1-5(7(9)10)6(2)8(3)4;1-5(2,3)4/h6H,1H2,2-4H3,(H,9,10);(H2,1,2,3,4). The van der Waals surface area contributed by atoms with Gasteiger partial charge in [-0.05, 0) is 21.0 Å². The highest BCUT2D eigenvalue weighted by Crippen LogP contribution is 2.03. The minimum atomic E-state index is -4.67. The number of hydrogen-bond acceptors (Lipinski definition) is 4. The average molecular weight is 241 g/mol. The van der Waals surface area contributed by atoms with Crippen molar-refractivity contribution in [2.75, 3.05) is 14.1 Å². The van der Waals surface area contributed by atoms with Crippen LogP contribution >= 0.6 is 0 Å². The summed E-state index contributed by atoms with van der Waals surface area (Å²) in [5, 5.41) is 8.48. The summed E-state index contributed by atoms with van der Waals surface area (Å²) in [6, 6.07) is -0.0995. The molecule has 0 aromatic heterocycles. The fourth-order valence-corrected chi connectivity index (χ4v) is 0.490. The molecule has 15 heavy (non-hydrogen) atoms. The van der Waals surface area contributed by atoms with Gasteiger partial charge in [0, 0.05) is 11.6 Å². The fraction of sp³-hybridized carbons (Fsp3) is 0.571. The molecule has 1 unspecified atom stereocenters. The molecule has 0 fully saturated rings. The molecule has 0 saturated heterocycles. The third-order valence-corrected chi connectivity index (χ3v) is 1.55. The molecule has 0 rings (SSSR count). The zero-order valence-electron chi connectivity index (χ0n) is 8.71. The number of hydrogen-bond donors (Lipinski definition) is 3. The monoisotopic (exact) mass is 241 g/mol. The summed E-state index contributed by atoms with van der Waals surface area (Å²) in [6.45, 7) is 5.24. The van der Waals surface area contributed by atoms with Gasteiger partial charge in [0.25, 0.3) is 0 Å². The minimum Gasteiger partial charge on any atom is -0.478 e. The zero-order valence-corrected chi connectivity index (χ0v) is 9.52. The van der Waals surface area contributed by atoms with Crippen molar-refractivity contribution in [3.63, 3.8) is 0 Å². The lowest BCUT2D eigenvalue weighted by atomic mass is 10.1. The summed E-state index contributed by atoms with van der Waals surface area (Å²) in [5.41, 5.74) is 0.227. The Morgan fingerprint density at radius 2 is 1.60 bits per heavy atom. The Balaban J connectivity index is 0. The van der Waals surface area contributed by atoms with Crippen LogP contribution in [0.1, 0.15) is 6.92 Å². The van der Waals surface area contributed by atoms with E-state index in [0.29, 0.717) is 0 Å². The number of nitrogens with zero attached hydrogens (tertiary/aromatic N) is 1. The maximum Gasteiger partial charge on any atom is 0.394 e. The van der Waals surface area contributed by atoms with Crippen molar-refractivity contribution in [3.05, 3.63) is 12.2 Å². The molecule has 0 aliphatic carbocycles. The number of carboxylic acids is 1. The van der Waals surface area contributed by atoms with Gasteiger partial charge >= 0.3 is 16.4 Å². The number of aliphatic carboxylic acids is 1. The lowest BCUT2D eigenvalue weighted by Gasteiger charge is -2.18. The number of carbonyl (C=O) groups is 1. The predicted octanol–water partition coefficient (Wildman–Crippen LogP) is -0.0755. The molecule has 0 spiro atoms. The lowest BCUT2D eigenvalue weighted by molar-refractivity contribution is -0.133. The molecule has 0 radical (unpaired) electrons. The number of carboxylic acid groups (broad SMARTS) is 1. The number of likely N-dealkylation sites (N-methyl/N-ethyl adjacent to an activating group) is 1. The van der Waals surface area contributed by atoms with Gasteiger partial charge in [0.05, 0.1) is 0 Å². The van der Waals surface area contributed by atoms with Crippen molar-refractivity contribution in [3.8, 4) is 0 Å². The predicted molar refractivity (Wildman–Crippen MR) is 54.1 cm³/mol. The van der Waals surface area contributed by atoms with Crippen molar-refractivity contribution in [1.82, 2.24) is 4.90 Å². The number of rotatable bonds is 3. The van der Waals surface area contributed by atoms with Crippen LogP contribution in [0.3, 0.4) is 0 Å². The van der Waals surface area contributed by atoms with Crippen LogP contribution in [0, 0.1) is 0 Å². The second-order valence-corrected chi connectivity index (χ2v) is 3.81. The maximum atomic E-state index is 10.3. The van der Waals surface area contributed by atoms with Crippen molar-refractivity contribution < 1.29 is 27.4 Å². The van der Waals surface area contributed by atoms with Gasteiger partial charge in [-0.2, -0.15) is 8.42 Å². The van der Waals surface area contributed by atoms with Crippen LogP contribution in [-0.2, 0) is 15.2 Å². The van der Waals surface area contributed by atoms with E-state index < -0.39 is 16.4 Å². The van der Waals surface area contributed by atoms with Crippen molar-refractivity contribution in [2.45, 2.75) is 13.0 Å². The highest BCUT2D eigenvalue weighted by molar-refractivity contribution is 7.79. The Kier molecular flexibility index (Phi) is 7.15. The molecule has 0 heterocycles. The van der Waals surface area contributed by atoms with Gasteiger partial charge in [0.2, 0.25) is 0 Å². The SMILES string of the molecule is C=C(C(=O)O)C(C)N(C)C.O=S(=O)(O)O. The highest BCUT2D eigenvalue weighted by atomic mass is 32.3. The van der Waals surface area contributed by atoms with E-state index in [1.807, 2.05) is 14.1 Å². The van der Waals surface area contributed by atoms with E-state index in [2.05, 4.69) is 6.58 Å². The smallest absolute Gasteiger partial charge is 0.394 e. The fourth-order valence-electron chi connectivity index (χ4n) is 0.490. The van der Waals surface area contributed by atoms with Crippen molar-refractivity contribution in [1.29, 1.82) is 0 Å². The van der Waals surface area contributed by atoms with E-state index in [-0.39, 0.29) is 11.6 Å². The molecule has 7 nitrogen and oxygen atoms in total. The van der Waals surface area contributed by atoms with Crippen LogP contribution in [0.25, 0.3) is 0 Å². The quantitative estimate of drug-likeness (QED) is 0.467. The van der Waals surface area contributed by atoms with Gasteiger partial charge in [-0.1, -0.05) is 6.58 Å². The molecule has 0 aliphatic heterocycles. The first-order valence-electron chi connectivity index (χ1n) is 3.75. The van der Waals surface area contributed by atoms with Crippen molar-refractivity contribution in [2.24, 2.45) is 0 Å². The Labute approximate surface area is 88.6 Å². The summed E-state index contributed by atoms with van der Waals surface area (Å²) < 4.78 is 31.6. The molecule has 0 aliphatic rings. The Morgan fingerprint density at radius 1 is 1.33 bits per heavy atom. The average Bonchev–Trinajstić information content (AvgIpc) is 1.98. The van der Waals surface area contributed by atoms with Gasteiger partial charge < -0.3 is 10.0 Å². The van der Waals surface area contributed by atoms with E-state index in [4.69, 9.17) is 22.6 Å². The Morgan fingerprint density at radius 3 is 1.67 bits per heavy atom. The minimum absolute atomic E-state index is 0.0995. The third kappa shape index (κ3) is 13.0. The second kappa shape index (κ2) is 6.51. The van der Waals surface area contributed by atoms with Crippen LogP contribution in [0.15, 0.2) is 12.2 Å². The Bertz CT molecular complexity index is 312. The Hall–Kier alpha value is -0.960. The van der Waals surface area contributed by atoms with Crippen LogP contribution < -0.4 is 0 Å². The highest BCUT2D eigenvalue weighted by Gasteiger charge is 2.14. The molecule has 1 atom stereocenters. The molecule has 3 N–H and O–H groups in total. The van der Waals surface area contributed by atoms with Crippen LogP contribution in [0.4, 0.5) is 0 Å². The molecule has 0 aromatic carbocycles. The first-order valence-corrected chi connectivity index (χ1v) is 5.15.